The van der Waals surface area contributed by atoms with Crippen molar-refractivity contribution < 1.29 is 18.0 Å². The van der Waals surface area contributed by atoms with Gasteiger partial charge in [-0.3, -0.25) is 20.0 Å². The van der Waals surface area contributed by atoms with Gasteiger partial charge in [-0.25, -0.2) is 5.43 Å². The Bertz CT molecular complexity index is 813. The van der Waals surface area contributed by atoms with Gasteiger partial charge >= 0.3 is 6.18 Å². The molecule has 2 heterocycles. The van der Waals surface area contributed by atoms with Crippen molar-refractivity contribution in [1.82, 2.24) is 20.7 Å². The third-order valence-corrected chi connectivity index (χ3v) is 7.80. The lowest BCUT2D eigenvalue weighted by Crippen LogP contribution is -2.76. The smallest absolute Gasteiger partial charge is 0.296 e. The van der Waals surface area contributed by atoms with Gasteiger partial charge in [-0.1, -0.05) is 43.9 Å². The molecule has 3 aliphatic rings. The van der Waals surface area contributed by atoms with Gasteiger partial charge in [0.25, 0.3) is 5.91 Å². The van der Waals surface area contributed by atoms with E-state index in [1.165, 1.54) is 18.9 Å². The Balaban J connectivity index is 1.50. The van der Waals surface area contributed by atoms with E-state index in [1.807, 2.05) is 0 Å². The molecule has 5 nitrogen and oxygen atoms in total. The van der Waals surface area contributed by atoms with Crippen LogP contribution in [-0.4, -0.2) is 58.3 Å². The number of alkyl halides is 4. The molecular weight excluding hydrogens is 441 g/mol. The van der Waals surface area contributed by atoms with E-state index in [9.17, 15) is 18.0 Å². The number of rotatable bonds is 3. The SMILES string of the molecule is C[C@@H]1CN(Cc2ccccc2C(F)(F)F)CCN1C1C(Cl)C(=O)NNC12CCCCCC2. The molecule has 2 unspecified atom stereocenters. The molecule has 2 aliphatic heterocycles. The van der Waals surface area contributed by atoms with E-state index in [1.54, 1.807) is 12.1 Å². The lowest BCUT2D eigenvalue weighted by Gasteiger charge is -2.54. The molecule has 1 spiro atoms. The van der Waals surface area contributed by atoms with Crippen molar-refractivity contribution >= 4 is 17.5 Å². The zero-order valence-corrected chi connectivity index (χ0v) is 19.2. The number of carbonyl (C=O) groups is 1. The number of nitrogens with one attached hydrogen (secondary N) is 2. The predicted molar refractivity (Wildman–Crippen MR) is 118 cm³/mol. The molecule has 3 atom stereocenters. The van der Waals surface area contributed by atoms with Gasteiger partial charge in [0, 0.05) is 32.2 Å². The molecule has 2 N–H and O–H groups in total. The summed E-state index contributed by atoms with van der Waals surface area (Å²) >= 11 is 6.71. The Hall–Kier alpha value is -1.35. The lowest BCUT2D eigenvalue weighted by atomic mass is 9.78. The van der Waals surface area contributed by atoms with E-state index >= 15 is 0 Å². The number of hydrazine groups is 1. The van der Waals surface area contributed by atoms with Crippen LogP contribution in [0.1, 0.15) is 56.6 Å². The van der Waals surface area contributed by atoms with Gasteiger partial charge in [-0.05, 0) is 31.4 Å². The van der Waals surface area contributed by atoms with Crippen LogP contribution in [0.4, 0.5) is 13.2 Å². The average Bonchev–Trinajstić information content (AvgIpc) is 2.98. The molecule has 1 aromatic rings. The van der Waals surface area contributed by atoms with Crippen molar-refractivity contribution in [2.75, 3.05) is 19.6 Å². The number of amides is 1. The molecule has 178 valence electrons. The van der Waals surface area contributed by atoms with Crippen molar-refractivity contribution in [3.8, 4) is 0 Å². The molecule has 3 fully saturated rings. The van der Waals surface area contributed by atoms with Crippen LogP contribution >= 0.6 is 11.6 Å². The van der Waals surface area contributed by atoms with Gasteiger partial charge < -0.3 is 0 Å². The van der Waals surface area contributed by atoms with E-state index < -0.39 is 17.1 Å². The van der Waals surface area contributed by atoms with Gasteiger partial charge in [-0.2, -0.15) is 13.2 Å². The van der Waals surface area contributed by atoms with Crippen LogP contribution in [0.5, 0.6) is 0 Å². The zero-order chi connectivity index (χ0) is 22.9. The number of halogens is 4. The van der Waals surface area contributed by atoms with Gasteiger partial charge in [0.1, 0.15) is 5.38 Å². The van der Waals surface area contributed by atoms with Crippen molar-refractivity contribution in [3.05, 3.63) is 35.4 Å². The minimum absolute atomic E-state index is 0.0703. The molecular formula is C23H32ClF3N4O. The largest absolute Gasteiger partial charge is 0.416 e. The van der Waals surface area contributed by atoms with Crippen LogP contribution < -0.4 is 10.9 Å². The molecule has 0 bridgehead atoms. The summed E-state index contributed by atoms with van der Waals surface area (Å²) in [6, 6.07) is 5.72. The highest BCUT2D eigenvalue weighted by atomic mass is 35.5. The Morgan fingerprint density at radius 3 is 2.47 bits per heavy atom. The fourth-order valence-corrected chi connectivity index (χ4v) is 6.24. The van der Waals surface area contributed by atoms with Gasteiger partial charge in [0.05, 0.1) is 17.1 Å². The zero-order valence-electron chi connectivity index (χ0n) is 18.4. The molecule has 1 amide bonds. The summed E-state index contributed by atoms with van der Waals surface area (Å²) in [5.41, 5.74) is 5.60. The number of piperazine rings is 1. The van der Waals surface area contributed by atoms with Gasteiger partial charge in [0.2, 0.25) is 0 Å². The Morgan fingerprint density at radius 1 is 1.12 bits per heavy atom. The first-order valence-electron chi connectivity index (χ1n) is 11.6. The monoisotopic (exact) mass is 472 g/mol. The summed E-state index contributed by atoms with van der Waals surface area (Å²) in [6.45, 7) is 4.27. The van der Waals surface area contributed by atoms with Crippen LogP contribution in [0.3, 0.4) is 0 Å². The van der Waals surface area contributed by atoms with Crippen molar-refractivity contribution in [2.24, 2.45) is 0 Å². The van der Waals surface area contributed by atoms with Crippen molar-refractivity contribution in [2.45, 2.75) is 81.2 Å². The molecule has 1 saturated carbocycles. The summed E-state index contributed by atoms with van der Waals surface area (Å²) in [4.78, 5) is 16.8. The van der Waals surface area contributed by atoms with Crippen LogP contribution in [-0.2, 0) is 17.5 Å². The fourth-order valence-electron chi connectivity index (χ4n) is 5.80. The summed E-state index contributed by atoms with van der Waals surface area (Å²) in [7, 11) is 0. The quantitative estimate of drug-likeness (QED) is 0.655. The third kappa shape index (κ3) is 4.79. The highest BCUT2D eigenvalue weighted by Crippen LogP contribution is 2.39. The Kier molecular flexibility index (Phi) is 7.05. The second-order valence-corrected chi connectivity index (χ2v) is 9.98. The Labute approximate surface area is 192 Å². The topological polar surface area (TPSA) is 47.6 Å². The molecule has 0 aromatic heterocycles. The molecule has 32 heavy (non-hydrogen) atoms. The van der Waals surface area contributed by atoms with Crippen LogP contribution in [0.2, 0.25) is 0 Å². The minimum Gasteiger partial charge on any atom is -0.296 e. The third-order valence-electron chi connectivity index (χ3n) is 7.36. The molecule has 2 saturated heterocycles. The molecule has 4 rings (SSSR count). The Morgan fingerprint density at radius 2 is 1.81 bits per heavy atom. The number of hydrogen-bond donors (Lipinski definition) is 2. The summed E-state index contributed by atoms with van der Waals surface area (Å²) < 4.78 is 40.2. The van der Waals surface area contributed by atoms with Gasteiger partial charge in [-0.15, -0.1) is 11.6 Å². The number of benzene rings is 1. The van der Waals surface area contributed by atoms with E-state index in [2.05, 4.69) is 27.6 Å². The van der Waals surface area contributed by atoms with Crippen molar-refractivity contribution in [3.63, 3.8) is 0 Å². The first-order valence-corrected chi connectivity index (χ1v) is 12.0. The number of nitrogens with zero attached hydrogens (tertiary/aromatic N) is 2. The first-order chi connectivity index (χ1) is 15.2. The van der Waals surface area contributed by atoms with Crippen molar-refractivity contribution in [1.29, 1.82) is 0 Å². The standard InChI is InChI=1S/C23H32ClF3N4O/c1-16-14-30(15-17-8-4-5-9-18(17)23(25,26)27)12-13-31(16)20-19(24)21(32)28-29-22(20)10-6-2-3-7-11-22/h4-5,8-9,16,19-20,29H,2-3,6-7,10-15H2,1H3,(H,28,32)/t16-,19?,20?/m1/s1. The van der Waals surface area contributed by atoms with E-state index in [0.29, 0.717) is 25.2 Å². The maximum atomic E-state index is 13.4. The molecule has 1 aliphatic carbocycles. The highest BCUT2D eigenvalue weighted by Gasteiger charge is 2.52. The summed E-state index contributed by atoms with van der Waals surface area (Å²) in [5.74, 6) is -0.208. The molecule has 1 aromatic carbocycles. The average molecular weight is 473 g/mol. The van der Waals surface area contributed by atoms with E-state index in [0.717, 1.165) is 31.7 Å². The molecule has 9 heteroatoms. The normalized spacial score (nSPS) is 30.2. The van der Waals surface area contributed by atoms with Crippen LogP contribution in [0, 0.1) is 0 Å². The number of hydrogen-bond acceptors (Lipinski definition) is 4. The van der Waals surface area contributed by atoms with Gasteiger partial charge in [0.15, 0.2) is 0 Å². The second kappa shape index (κ2) is 9.49. The summed E-state index contributed by atoms with van der Waals surface area (Å²) in [6.07, 6.45) is 2.08. The predicted octanol–water partition coefficient (Wildman–Crippen LogP) is 3.91. The van der Waals surface area contributed by atoms with E-state index in [4.69, 9.17) is 11.6 Å². The van der Waals surface area contributed by atoms with E-state index in [-0.39, 0.29) is 30.1 Å². The fraction of sp³-hybridized carbons (Fsp3) is 0.696. The van der Waals surface area contributed by atoms with Crippen LogP contribution in [0.25, 0.3) is 0 Å². The molecule has 0 radical (unpaired) electrons. The number of carbonyl (C=O) groups excluding carboxylic acids is 1. The summed E-state index contributed by atoms with van der Waals surface area (Å²) in [5, 5.41) is -0.658. The first kappa shape index (κ1) is 23.8. The maximum absolute atomic E-state index is 13.4. The minimum atomic E-state index is -4.36. The lowest BCUT2D eigenvalue weighted by molar-refractivity contribution is -0.138. The maximum Gasteiger partial charge on any atom is 0.416 e. The second-order valence-electron chi connectivity index (χ2n) is 9.51. The van der Waals surface area contributed by atoms with Crippen LogP contribution in [0.15, 0.2) is 24.3 Å². The highest BCUT2D eigenvalue weighted by molar-refractivity contribution is 6.31.